The maximum atomic E-state index is 5.23. The summed E-state index contributed by atoms with van der Waals surface area (Å²) in [6, 6.07) is 0.537. The second-order valence-electron chi connectivity index (χ2n) is 5.12. The minimum absolute atomic E-state index is 0.414. The van der Waals surface area contributed by atoms with E-state index in [1.807, 2.05) is 11.3 Å². The molecule has 2 atom stereocenters. The van der Waals surface area contributed by atoms with E-state index in [-0.39, 0.29) is 0 Å². The van der Waals surface area contributed by atoms with Crippen molar-refractivity contribution >= 4 is 11.3 Å². The van der Waals surface area contributed by atoms with Gasteiger partial charge in [0.2, 0.25) is 0 Å². The molecule has 1 N–H and O–H groups in total. The average molecular weight is 268 g/mol. The van der Waals surface area contributed by atoms with Crippen molar-refractivity contribution in [3.63, 3.8) is 0 Å². The van der Waals surface area contributed by atoms with E-state index in [1.54, 1.807) is 7.11 Å². The maximum absolute atomic E-state index is 5.23. The van der Waals surface area contributed by atoms with Crippen LogP contribution < -0.4 is 5.32 Å². The summed E-state index contributed by atoms with van der Waals surface area (Å²) < 4.78 is 5.23. The zero-order valence-electron chi connectivity index (χ0n) is 11.7. The largest absolute Gasteiger partial charge is 0.384 e. The first-order valence-electron chi connectivity index (χ1n) is 6.98. The molecule has 0 radical (unpaired) electrons. The van der Waals surface area contributed by atoms with Crippen LogP contribution in [0.5, 0.6) is 0 Å². The highest BCUT2D eigenvalue weighted by atomic mass is 32.1. The van der Waals surface area contributed by atoms with Gasteiger partial charge in [-0.15, -0.1) is 11.3 Å². The molecular formula is C14H24N2OS. The summed E-state index contributed by atoms with van der Waals surface area (Å²) in [4.78, 5) is 6.31. The molecule has 1 aliphatic carbocycles. The van der Waals surface area contributed by atoms with Gasteiger partial charge in [-0.05, 0) is 32.2 Å². The molecule has 1 aromatic rings. The standard InChI is InChI=1S/C14H24N2OS/c1-4-8-15-11-6-5-7-12-13(11)18-14(16-12)10(2)9-17-3/h10-11,15H,4-9H2,1-3H3. The first-order chi connectivity index (χ1) is 8.76. The Morgan fingerprint density at radius 1 is 1.56 bits per heavy atom. The van der Waals surface area contributed by atoms with Crippen LogP contribution in [0.4, 0.5) is 0 Å². The number of methoxy groups -OCH3 is 1. The molecule has 3 nitrogen and oxygen atoms in total. The number of hydrogen-bond acceptors (Lipinski definition) is 4. The van der Waals surface area contributed by atoms with Gasteiger partial charge in [0.05, 0.1) is 17.3 Å². The molecule has 102 valence electrons. The lowest BCUT2D eigenvalue weighted by Crippen LogP contribution is -2.24. The van der Waals surface area contributed by atoms with Gasteiger partial charge < -0.3 is 10.1 Å². The van der Waals surface area contributed by atoms with Gasteiger partial charge in [0.15, 0.2) is 0 Å². The third kappa shape index (κ3) is 3.11. The van der Waals surface area contributed by atoms with Crippen molar-refractivity contribution in [2.24, 2.45) is 0 Å². The van der Waals surface area contributed by atoms with Crippen LogP contribution in [0.1, 0.15) is 60.6 Å². The van der Waals surface area contributed by atoms with Gasteiger partial charge in [-0.3, -0.25) is 0 Å². The summed E-state index contributed by atoms with van der Waals surface area (Å²) in [5.74, 6) is 0.414. The molecule has 0 spiro atoms. The smallest absolute Gasteiger partial charge is 0.0982 e. The number of nitrogens with one attached hydrogen (secondary N) is 1. The lowest BCUT2D eigenvalue weighted by Gasteiger charge is -2.22. The van der Waals surface area contributed by atoms with E-state index in [0.717, 1.165) is 19.6 Å². The van der Waals surface area contributed by atoms with Crippen molar-refractivity contribution < 1.29 is 4.74 Å². The van der Waals surface area contributed by atoms with Crippen LogP contribution in [0.3, 0.4) is 0 Å². The Morgan fingerprint density at radius 3 is 3.11 bits per heavy atom. The van der Waals surface area contributed by atoms with Crippen LogP contribution in [-0.2, 0) is 11.2 Å². The molecule has 0 aromatic carbocycles. The zero-order chi connectivity index (χ0) is 13.0. The Bertz CT molecular complexity index is 378. The number of rotatable bonds is 6. The van der Waals surface area contributed by atoms with Crippen LogP contribution in [0.2, 0.25) is 0 Å². The number of aromatic nitrogens is 1. The predicted octanol–water partition coefficient (Wildman–Crippen LogP) is 3.27. The van der Waals surface area contributed by atoms with Crippen molar-refractivity contribution in [3.05, 3.63) is 15.6 Å². The fourth-order valence-corrected chi connectivity index (χ4v) is 3.74. The summed E-state index contributed by atoms with van der Waals surface area (Å²) in [7, 11) is 1.76. The van der Waals surface area contributed by atoms with Crippen LogP contribution in [0, 0.1) is 0 Å². The minimum Gasteiger partial charge on any atom is -0.384 e. The van der Waals surface area contributed by atoms with Crippen molar-refractivity contribution in [2.45, 2.75) is 51.5 Å². The fraction of sp³-hybridized carbons (Fsp3) is 0.786. The molecule has 2 unspecified atom stereocenters. The Balaban J connectivity index is 2.12. The third-order valence-corrected chi connectivity index (χ3v) is 4.89. The van der Waals surface area contributed by atoms with Gasteiger partial charge >= 0.3 is 0 Å². The molecule has 1 aliphatic rings. The minimum atomic E-state index is 0.414. The first kappa shape index (κ1) is 14.0. The molecule has 0 saturated heterocycles. The van der Waals surface area contributed by atoms with E-state index in [9.17, 15) is 0 Å². The van der Waals surface area contributed by atoms with Gasteiger partial charge in [0, 0.05) is 23.9 Å². The summed E-state index contributed by atoms with van der Waals surface area (Å²) in [6.45, 7) is 6.28. The molecule has 0 saturated carbocycles. The van der Waals surface area contributed by atoms with E-state index in [1.165, 1.54) is 34.8 Å². The zero-order valence-corrected chi connectivity index (χ0v) is 12.5. The maximum Gasteiger partial charge on any atom is 0.0982 e. The Labute approximate surface area is 114 Å². The lowest BCUT2D eigenvalue weighted by molar-refractivity contribution is 0.184. The van der Waals surface area contributed by atoms with Gasteiger partial charge in [-0.2, -0.15) is 0 Å². The second kappa shape index (κ2) is 6.64. The monoisotopic (exact) mass is 268 g/mol. The van der Waals surface area contributed by atoms with Gasteiger partial charge in [-0.1, -0.05) is 13.8 Å². The molecule has 0 bridgehead atoms. The van der Waals surface area contributed by atoms with Crippen molar-refractivity contribution in [3.8, 4) is 0 Å². The van der Waals surface area contributed by atoms with E-state index in [2.05, 4.69) is 19.2 Å². The molecule has 18 heavy (non-hydrogen) atoms. The number of thiazole rings is 1. The number of nitrogens with zero attached hydrogens (tertiary/aromatic N) is 1. The normalized spacial score (nSPS) is 20.7. The number of ether oxygens (including phenoxy) is 1. The molecule has 1 heterocycles. The van der Waals surface area contributed by atoms with E-state index in [0.29, 0.717) is 12.0 Å². The van der Waals surface area contributed by atoms with Crippen LogP contribution in [-0.4, -0.2) is 25.2 Å². The van der Waals surface area contributed by atoms with Crippen LogP contribution in [0.15, 0.2) is 0 Å². The van der Waals surface area contributed by atoms with E-state index in [4.69, 9.17) is 9.72 Å². The van der Waals surface area contributed by atoms with Crippen molar-refractivity contribution in [2.75, 3.05) is 20.3 Å². The number of hydrogen-bond donors (Lipinski definition) is 1. The van der Waals surface area contributed by atoms with Gasteiger partial charge in [0.25, 0.3) is 0 Å². The lowest BCUT2D eigenvalue weighted by atomic mass is 9.98. The average Bonchev–Trinajstić information content (AvgIpc) is 2.81. The van der Waals surface area contributed by atoms with Crippen LogP contribution in [0.25, 0.3) is 0 Å². The summed E-state index contributed by atoms with van der Waals surface area (Å²) in [6.07, 6.45) is 4.86. The molecular weight excluding hydrogens is 244 g/mol. The third-order valence-electron chi connectivity index (χ3n) is 3.45. The highest BCUT2D eigenvalue weighted by Gasteiger charge is 2.25. The fourth-order valence-electron chi connectivity index (χ4n) is 2.48. The quantitative estimate of drug-likeness (QED) is 0.860. The Morgan fingerprint density at radius 2 is 2.39 bits per heavy atom. The molecule has 2 rings (SSSR count). The Hall–Kier alpha value is -0.450. The summed E-state index contributed by atoms with van der Waals surface area (Å²) in [5.41, 5.74) is 1.33. The molecule has 1 aromatic heterocycles. The SMILES string of the molecule is CCCNC1CCCc2nc(C(C)COC)sc21. The molecule has 0 amide bonds. The second-order valence-corrected chi connectivity index (χ2v) is 6.18. The predicted molar refractivity (Wildman–Crippen MR) is 76.4 cm³/mol. The van der Waals surface area contributed by atoms with Crippen molar-refractivity contribution in [1.82, 2.24) is 10.3 Å². The highest BCUT2D eigenvalue weighted by Crippen LogP contribution is 2.36. The van der Waals surface area contributed by atoms with E-state index >= 15 is 0 Å². The van der Waals surface area contributed by atoms with Crippen molar-refractivity contribution in [1.29, 1.82) is 0 Å². The van der Waals surface area contributed by atoms with Crippen LogP contribution >= 0.6 is 11.3 Å². The van der Waals surface area contributed by atoms with Gasteiger partial charge in [-0.25, -0.2) is 4.98 Å². The summed E-state index contributed by atoms with van der Waals surface area (Å²) in [5, 5.41) is 4.89. The number of aryl methyl sites for hydroxylation is 1. The molecule has 4 heteroatoms. The number of fused-ring (bicyclic) bond motifs is 1. The first-order valence-corrected chi connectivity index (χ1v) is 7.79. The topological polar surface area (TPSA) is 34.2 Å². The Kier molecular flexibility index (Phi) is 5.15. The summed E-state index contributed by atoms with van der Waals surface area (Å²) >= 11 is 1.89. The highest BCUT2D eigenvalue weighted by molar-refractivity contribution is 7.12. The molecule has 0 aliphatic heterocycles. The van der Waals surface area contributed by atoms with E-state index < -0.39 is 0 Å². The molecule has 0 fully saturated rings. The van der Waals surface area contributed by atoms with Gasteiger partial charge in [0.1, 0.15) is 0 Å².